The fourth-order valence-corrected chi connectivity index (χ4v) is 4.10. The SMILES string of the molecule is CN(C)Cc1ccc2cccc(NS(=O)(=O)Cc3ccc(C(F)(F)F)cc3)c2n1. The molecule has 9 heteroatoms. The number of para-hydroxylation sites is 1. The Hall–Kier alpha value is -2.65. The van der Waals surface area contributed by atoms with E-state index in [1.165, 1.54) is 12.1 Å². The number of pyridine rings is 1. The summed E-state index contributed by atoms with van der Waals surface area (Å²) in [5.74, 6) is -0.446. The average Bonchev–Trinajstić information content (AvgIpc) is 2.61. The van der Waals surface area contributed by atoms with Crippen LogP contribution in [0, 0.1) is 0 Å². The third-order valence-corrected chi connectivity index (χ3v) is 5.40. The van der Waals surface area contributed by atoms with Crippen LogP contribution in [0.4, 0.5) is 18.9 Å². The van der Waals surface area contributed by atoms with E-state index in [1.54, 1.807) is 12.1 Å². The fourth-order valence-electron chi connectivity index (χ4n) is 2.89. The number of aromatic nitrogens is 1. The maximum Gasteiger partial charge on any atom is 0.416 e. The Kier molecular flexibility index (Phi) is 5.81. The number of hydrogen-bond donors (Lipinski definition) is 1. The van der Waals surface area contributed by atoms with Gasteiger partial charge in [0.1, 0.15) is 0 Å². The zero-order valence-corrected chi connectivity index (χ0v) is 16.7. The molecular formula is C20H20F3N3O2S. The molecule has 0 bridgehead atoms. The van der Waals surface area contributed by atoms with Gasteiger partial charge in [-0.3, -0.25) is 4.72 Å². The Morgan fingerprint density at radius 2 is 1.69 bits per heavy atom. The summed E-state index contributed by atoms with van der Waals surface area (Å²) in [6.45, 7) is 0.600. The molecule has 0 saturated carbocycles. The number of alkyl halides is 3. The number of nitrogens with zero attached hydrogens (tertiary/aromatic N) is 2. The van der Waals surface area contributed by atoms with Crippen molar-refractivity contribution in [1.29, 1.82) is 0 Å². The highest BCUT2D eigenvalue weighted by Gasteiger charge is 2.30. The lowest BCUT2D eigenvalue weighted by molar-refractivity contribution is -0.137. The number of hydrogen-bond acceptors (Lipinski definition) is 4. The molecule has 3 aromatic rings. The van der Waals surface area contributed by atoms with Gasteiger partial charge in [0.2, 0.25) is 10.0 Å². The molecule has 0 saturated heterocycles. The number of rotatable bonds is 6. The van der Waals surface area contributed by atoms with Gasteiger partial charge in [-0.1, -0.05) is 30.3 Å². The van der Waals surface area contributed by atoms with Crippen molar-refractivity contribution in [3.63, 3.8) is 0 Å². The Morgan fingerprint density at radius 3 is 2.31 bits per heavy atom. The first kappa shape index (κ1) is 21.1. The van der Waals surface area contributed by atoms with E-state index in [2.05, 4.69) is 9.71 Å². The third kappa shape index (κ3) is 5.45. The van der Waals surface area contributed by atoms with Crippen LogP contribution in [0.1, 0.15) is 16.8 Å². The van der Waals surface area contributed by atoms with Crippen molar-refractivity contribution in [2.24, 2.45) is 0 Å². The highest BCUT2D eigenvalue weighted by molar-refractivity contribution is 7.91. The van der Waals surface area contributed by atoms with E-state index in [9.17, 15) is 21.6 Å². The minimum atomic E-state index is -4.46. The van der Waals surface area contributed by atoms with Crippen LogP contribution >= 0.6 is 0 Å². The second-order valence-electron chi connectivity index (χ2n) is 6.97. The lowest BCUT2D eigenvalue weighted by atomic mass is 10.1. The summed E-state index contributed by atoms with van der Waals surface area (Å²) in [4.78, 5) is 6.50. The smallest absolute Gasteiger partial charge is 0.304 e. The summed E-state index contributed by atoms with van der Waals surface area (Å²) < 4.78 is 65.7. The van der Waals surface area contributed by atoms with Gasteiger partial charge in [0.25, 0.3) is 0 Å². The van der Waals surface area contributed by atoms with Gasteiger partial charge >= 0.3 is 6.18 Å². The predicted molar refractivity (Wildman–Crippen MR) is 107 cm³/mol. The van der Waals surface area contributed by atoms with Crippen LogP contribution in [0.2, 0.25) is 0 Å². The molecular weight excluding hydrogens is 403 g/mol. The van der Waals surface area contributed by atoms with Gasteiger partial charge in [0, 0.05) is 11.9 Å². The van der Waals surface area contributed by atoms with Crippen LogP contribution in [0.5, 0.6) is 0 Å². The lowest BCUT2D eigenvalue weighted by Gasteiger charge is -2.13. The third-order valence-electron chi connectivity index (χ3n) is 4.16. The summed E-state index contributed by atoms with van der Waals surface area (Å²) in [6.07, 6.45) is -4.46. The van der Waals surface area contributed by atoms with Crippen molar-refractivity contribution in [3.8, 4) is 0 Å². The van der Waals surface area contributed by atoms with E-state index in [1.807, 2.05) is 37.2 Å². The number of sulfonamides is 1. The Bertz CT molecular complexity index is 1110. The van der Waals surface area contributed by atoms with Gasteiger partial charge in [-0.05, 0) is 43.9 Å². The number of fused-ring (bicyclic) bond motifs is 1. The van der Waals surface area contributed by atoms with E-state index >= 15 is 0 Å². The first-order chi connectivity index (χ1) is 13.5. The lowest BCUT2D eigenvalue weighted by Crippen LogP contribution is -2.16. The Balaban J connectivity index is 1.85. The normalized spacial score (nSPS) is 12.5. The first-order valence-corrected chi connectivity index (χ1v) is 10.4. The monoisotopic (exact) mass is 423 g/mol. The molecule has 0 aliphatic rings. The summed E-state index contributed by atoms with van der Waals surface area (Å²) in [6, 6.07) is 13.0. The molecule has 0 radical (unpaired) electrons. The maximum absolute atomic E-state index is 12.7. The molecule has 0 fully saturated rings. The minimum absolute atomic E-state index is 0.256. The number of benzene rings is 2. The zero-order valence-electron chi connectivity index (χ0n) is 15.9. The van der Waals surface area contributed by atoms with Crippen molar-refractivity contribution in [2.75, 3.05) is 18.8 Å². The van der Waals surface area contributed by atoms with E-state index in [-0.39, 0.29) is 5.56 Å². The summed E-state index contributed by atoms with van der Waals surface area (Å²) in [7, 11) is -0.0305. The number of halogens is 3. The zero-order chi connectivity index (χ0) is 21.2. The number of anilines is 1. The molecule has 0 unspecified atom stereocenters. The molecule has 1 N–H and O–H groups in total. The maximum atomic E-state index is 12.7. The van der Waals surface area contributed by atoms with Crippen LogP contribution in [0.3, 0.4) is 0 Å². The highest BCUT2D eigenvalue weighted by atomic mass is 32.2. The quantitative estimate of drug-likeness (QED) is 0.644. The second kappa shape index (κ2) is 8.00. The van der Waals surface area contributed by atoms with Crippen molar-refractivity contribution >= 4 is 26.6 Å². The highest BCUT2D eigenvalue weighted by Crippen LogP contribution is 2.29. The summed E-state index contributed by atoms with van der Waals surface area (Å²) >= 11 is 0. The van der Waals surface area contributed by atoms with Gasteiger partial charge in [-0.15, -0.1) is 0 Å². The van der Waals surface area contributed by atoms with Crippen molar-refractivity contribution in [1.82, 2.24) is 9.88 Å². The molecule has 1 aromatic heterocycles. The molecule has 29 heavy (non-hydrogen) atoms. The average molecular weight is 423 g/mol. The van der Waals surface area contributed by atoms with Gasteiger partial charge in [-0.25, -0.2) is 13.4 Å². The van der Waals surface area contributed by atoms with Crippen molar-refractivity contribution in [3.05, 3.63) is 71.4 Å². The van der Waals surface area contributed by atoms with Gasteiger partial charge < -0.3 is 4.90 Å². The largest absolute Gasteiger partial charge is 0.416 e. The van der Waals surface area contributed by atoms with Crippen molar-refractivity contribution < 1.29 is 21.6 Å². The summed E-state index contributed by atoms with van der Waals surface area (Å²) in [5, 5.41) is 0.780. The standard InChI is InChI=1S/C20H20F3N3O2S/c1-26(2)12-17-11-8-15-4-3-5-18(19(15)24-17)25-29(27,28)13-14-6-9-16(10-7-14)20(21,22)23/h3-11,25H,12-13H2,1-2H3. The molecule has 0 aliphatic carbocycles. The van der Waals surface area contributed by atoms with Crippen LogP contribution < -0.4 is 4.72 Å². The minimum Gasteiger partial charge on any atom is -0.304 e. The first-order valence-electron chi connectivity index (χ1n) is 8.73. The van der Waals surface area contributed by atoms with Crippen LogP contribution in [0.15, 0.2) is 54.6 Å². The predicted octanol–water partition coefficient (Wildman–Crippen LogP) is 4.26. The molecule has 3 rings (SSSR count). The van der Waals surface area contributed by atoms with E-state index in [0.29, 0.717) is 17.7 Å². The van der Waals surface area contributed by atoms with Gasteiger partial charge in [0.05, 0.1) is 28.2 Å². The summed E-state index contributed by atoms with van der Waals surface area (Å²) in [5.41, 5.74) is 1.07. The van der Waals surface area contributed by atoms with Crippen molar-refractivity contribution in [2.45, 2.75) is 18.5 Å². The number of nitrogens with one attached hydrogen (secondary N) is 1. The molecule has 0 aliphatic heterocycles. The van der Waals surface area contributed by atoms with Gasteiger partial charge in [-0.2, -0.15) is 13.2 Å². The fraction of sp³-hybridized carbons (Fsp3) is 0.250. The molecule has 1 heterocycles. The van der Waals surface area contributed by atoms with E-state index < -0.39 is 27.5 Å². The molecule has 0 amide bonds. The Morgan fingerprint density at radius 1 is 1.00 bits per heavy atom. The Labute approximate surface area is 167 Å². The van der Waals surface area contributed by atoms with E-state index in [4.69, 9.17) is 0 Å². The molecule has 5 nitrogen and oxygen atoms in total. The second-order valence-corrected chi connectivity index (χ2v) is 8.70. The van der Waals surface area contributed by atoms with Crippen LogP contribution in [-0.2, 0) is 28.5 Å². The van der Waals surface area contributed by atoms with Crippen LogP contribution in [-0.4, -0.2) is 32.4 Å². The molecule has 2 aromatic carbocycles. The van der Waals surface area contributed by atoms with Gasteiger partial charge in [0.15, 0.2) is 0 Å². The van der Waals surface area contributed by atoms with Crippen LogP contribution in [0.25, 0.3) is 10.9 Å². The topological polar surface area (TPSA) is 62.3 Å². The van der Waals surface area contributed by atoms with E-state index in [0.717, 1.165) is 23.2 Å². The molecule has 154 valence electrons. The molecule has 0 atom stereocenters. The molecule has 0 spiro atoms.